The van der Waals surface area contributed by atoms with E-state index < -0.39 is 0 Å². The molecule has 0 fully saturated rings. The van der Waals surface area contributed by atoms with Gasteiger partial charge >= 0.3 is 0 Å². The topological polar surface area (TPSA) is 62.5 Å². The molecule has 314 valence electrons. The minimum atomic E-state index is 0.568. The molecule has 0 radical (unpaired) electrons. The summed E-state index contributed by atoms with van der Waals surface area (Å²) >= 11 is 0. The molecular weight excluding hydrogens is 825 g/mol. The second kappa shape index (κ2) is 16.0. The zero-order valence-electron chi connectivity index (χ0n) is 36.7. The normalized spacial score (nSPS) is 11.5. The molecule has 13 rings (SSSR count). The Bertz CT molecular complexity index is 4050. The molecule has 0 unspecified atom stereocenters. The van der Waals surface area contributed by atoms with E-state index in [1.807, 2.05) is 48.5 Å². The average Bonchev–Trinajstić information content (AvgIpc) is 3.74. The fourth-order valence-corrected chi connectivity index (χ4v) is 10.2. The fraction of sp³-hybridized carbons (Fsp3) is 0. The minimum absolute atomic E-state index is 0.568. The Labute approximate surface area is 393 Å². The van der Waals surface area contributed by atoms with Gasteiger partial charge in [0.1, 0.15) is 0 Å². The van der Waals surface area contributed by atoms with Crippen molar-refractivity contribution in [1.82, 2.24) is 15.0 Å². The second-order valence-corrected chi connectivity index (χ2v) is 17.4. The molecule has 4 heteroatoms. The van der Waals surface area contributed by atoms with Gasteiger partial charge < -0.3 is 0 Å². The quantitative estimate of drug-likeness (QED) is 0.150. The zero-order chi connectivity index (χ0) is 45.1. The number of rotatable bonds is 7. The van der Waals surface area contributed by atoms with Crippen molar-refractivity contribution >= 4 is 32.3 Å². The fourth-order valence-electron chi connectivity index (χ4n) is 10.2. The summed E-state index contributed by atoms with van der Waals surface area (Å²) in [5, 5.41) is 18.1. The van der Waals surface area contributed by atoms with E-state index in [0.717, 1.165) is 61.2 Å². The van der Waals surface area contributed by atoms with Gasteiger partial charge in [-0.2, -0.15) is 5.26 Å². The molecule has 0 spiro atoms. The monoisotopic (exact) mass is 862 g/mol. The number of hydrogen-bond acceptors (Lipinski definition) is 4. The highest BCUT2D eigenvalue weighted by atomic mass is 15.0. The molecule has 12 aromatic rings. The number of aromatic nitrogens is 3. The van der Waals surface area contributed by atoms with E-state index >= 15 is 0 Å². The summed E-state index contributed by atoms with van der Waals surface area (Å²) in [6.45, 7) is 0. The Morgan fingerprint density at radius 2 is 0.735 bits per heavy atom. The van der Waals surface area contributed by atoms with Gasteiger partial charge in [-0.05, 0) is 135 Å². The highest BCUT2D eigenvalue weighted by Crippen LogP contribution is 2.48. The second-order valence-electron chi connectivity index (χ2n) is 17.4. The van der Waals surface area contributed by atoms with Crippen LogP contribution in [0.5, 0.6) is 0 Å². The lowest BCUT2D eigenvalue weighted by Crippen LogP contribution is -2.00. The third-order valence-electron chi connectivity index (χ3n) is 13.5. The van der Waals surface area contributed by atoms with Gasteiger partial charge in [0.05, 0.1) is 11.6 Å². The first-order valence-corrected chi connectivity index (χ1v) is 22.9. The van der Waals surface area contributed by atoms with E-state index in [9.17, 15) is 5.26 Å². The molecular formula is C64H38N4. The van der Waals surface area contributed by atoms with Crippen LogP contribution in [0.15, 0.2) is 231 Å². The van der Waals surface area contributed by atoms with Crippen LogP contribution in [0.3, 0.4) is 0 Å². The first-order chi connectivity index (χ1) is 33.6. The average molecular weight is 863 g/mol. The van der Waals surface area contributed by atoms with Crippen LogP contribution in [0.1, 0.15) is 5.56 Å². The number of benzene rings is 11. The predicted octanol–water partition coefficient (Wildman–Crippen LogP) is 16.5. The van der Waals surface area contributed by atoms with Gasteiger partial charge in [-0.15, -0.1) is 0 Å². The van der Waals surface area contributed by atoms with Crippen LogP contribution in [-0.2, 0) is 0 Å². The third-order valence-corrected chi connectivity index (χ3v) is 13.5. The van der Waals surface area contributed by atoms with E-state index in [2.05, 4.69) is 188 Å². The smallest absolute Gasteiger partial charge is 0.164 e. The molecule has 0 aliphatic heterocycles. The van der Waals surface area contributed by atoms with Gasteiger partial charge in [-0.3, -0.25) is 0 Å². The summed E-state index contributed by atoms with van der Waals surface area (Å²) in [5.74, 6) is 1.75. The maximum absolute atomic E-state index is 10.6. The number of hydrogen-bond donors (Lipinski definition) is 0. The summed E-state index contributed by atoms with van der Waals surface area (Å²) < 4.78 is 0. The molecule has 11 aromatic carbocycles. The van der Waals surface area contributed by atoms with Gasteiger partial charge in [0.15, 0.2) is 17.5 Å². The largest absolute Gasteiger partial charge is 0.208 e. The molecule has 1 aliphatic carbocycles. The van der Waals surface area contributed by atoms with Gasteiger partial charge in [-0.25, -0.2) is 15.0 Å². The predicted molar refractivity (Wildman–Crippen MR) is 280 cm³/mol. The van der Waals surface area contributed by atoms with Crippen molar-refractivity contribution in [3.05, 3.63) is 236 Å². The van der Waals surface area contributed by atoms with Crippen molar-refractivity contribution < 1.29 is 0 Å². The van der Waals surface area contributed by atoms with Gasteiger partial charge in [0.25, 0.3) is 0 Å². The molecule has 1 aliphatic rings. The van der Waals surface area contributed by atoms with Crippen LogP contribution in [0.4, 0.5) is 0 Å². The van der Waals surface area contributed by atoms with E-state index in [1.165, 1.54) is 54.6 Å². The highest BCUT2D eigenvalue weighted by molar-refractivity contribution is 6.16. The molecule has 0 N–H and O–H groups in total. The maximum Gasteiger partial charge on any atom is 0.164 e. The number of nitriles is 1. The summed E-state index contributed by atoms with van der Waals surface area (Å²) in [5.41, 5.74) is 16.6. The number of fused-ring (bicyclic) bond motifs is 6. The van der Waals surface area contributed by atoms with E-state index in [1.54, 1.807) is 0 Å². The zero-order valence-corrected chi connectivity index (χ0v) is 36.7. The molecule has 4 nitrogen and oxygen atoms in total. The Morgan fingerprint density at radius 3 is 1.44 bits per heavy atom. The molecule has 0 amide bonds. The van der Waals surface area contributed by atoms with Crippen molar-refractivity contribution in [2.45, 2.75) is 0 Å². The molecule has 1 aromatic heterocycles. The third kappa shape index (κ3) is 6.65. The lowest BCUT2D eigenvalue weighted by molar-refractivity contribution is 1.07. The van der Waals surface area contributed by atoms with E-state index in [0.29, 0.717) is 23.0 Å². The Balaban J connectivity index is 0.853. The SMILES string of the molecule is N#Cc1cc(-c2cccc(-c3nc(-c4ccccc4)nc(-c4cccc(-c5cc6ccccc6c6ccccc56)c4)n3)c2)ccc1-c1cccc(-c2ccc3c(c2)-c2cccc4cccc-3c24)c1. The number of nitrogens with zero attached hydrogens (tertiary/aromatic N) is 4. The lowest BCUT2D eigenvalue weighted by atomic mass is 9.92. The standard InChI is InChI=1S/C64H38N4/c65-39-51-35-44(29-31-52(51)46-20-8-18-42(33-46)45-30-32-56-57-27-11-16-40-17-12-28-58(61(40)57)60(56)37-45)43-19-9-22-49(34-43)63-66-62(41-13-2-1-3-14-41)67-64(68-63)50-23-10-21-47(36-50)59-38-48-15-4-5-24-53(48)54-25-6-7-26-55(54)59/h1-38H. The van der Waals surface area contributed by atoms with Crippen LogP contribution in [0.2, 0.25) is 0 Å². The summed E-state index contributed by atoms with van der Waals surface area (Å²) in [4.78, 5) is 15.3. The van der Waals surface area contributed by atoms with Crippen LogP contribution in [-0.4, -0.2) is 15.0 Å². The van der Waals surface area contributed by atoms with Crippen molar-refractivity contribution in [3.63, 3.8) is 0 Å². The molecule has 0 saturated heterocycles. The first-order valence-electron chi connectivity index (χ1n) is 22.9. The van der Waals surface area contributed by atoms with Crippen molar-refractivity contribution in [1.29, 1.82) is 5.26 Å². The van der Waals surface area contributed by atoms with Crippen LogP contribution in [0, 0.1) is 11.3 Å². The maximum atomic E-state index is 10.6. The minimum Gasteiger partial charge on any atom is -0.208 e. The summed E-state index contributed by atoms with van der Waals surface area (Å²) in [6, 6.07) is 83.4. The summed E-state index contributed by atoms with van der Waals surface area (Å²) in [7, 11) is 0. The van der Waals surface area contributed by atoms with Gasteiger partial charge in [-0.1, -0.05) is 194 Å². The Hall–Kier alpha value is -9.30. The van der Waals surface area contributed by atoms with Crippen molar-refractivity contribution in [2.75, 3.05) is 0 Å². The molecule has 0 bridgehead atoms. The molecule has 1 heterocycles. The first kappa shape index (κ1) is 39.1. The van der Waals surface area contributed by atoms with Crippen LogP contribution >= 0.6 is 0 Å². The lowest BCUT2D eigenvalue weighted by Gasteiger charge is -2.13. The van der Waals surface area contributed by atoms with Gasteiger partial charge in [0, 0.05) is 16.7 Å². The summed E-state index contributed by atoms with van der Waals surface area (Å²) in [6.07, 6.45) is 0. The highest BCUT2D eigenvalue weighted by Gasteiger charge is 2.22. The van der Waals surface area contributed by atoms with Crippen LogP contribution < -0.4 is 0 Å². The van der Waals surface area contributed by atoms with Crippen molar-refractivity contribution in [2.24, 2.45) is 0 Å². The molecule has 0 atom stereocenters. The van der Waals surface area contributed by atoms with Crippen LogP contribution in [0.25, 0.3) is 133 Å². The van der Waals surface area contributed by atoms with E-state index in [4.69, 9.17) is 15.0 Å². The molecule has 0 saturated carbocycles. The van der Waals surface area contributed by atoms with Gasteiger partial charge in [0.2, 0.25) is 0 Å². The Kier molecular flexibility index (Phi) is 9.20. The Morgan fingerprint density at radius 1 is 0.265 bits per heavy atom. The van der Waals surface area contributed by atoms with Crippen molar-refractivity contribution in [3.8, 4) is 107 Å². The van der Waals surface area contributed by atoms with E-state index in [-0.39, 0.29) is 0 Å². The molecule has 68 heavy (non-hydrogen) atoms.